The van der Waals surface area contributed by atoms with Crippen molar-refractivity contribution in [2.45, 2.75) is 24.8 Å². The first-order valence-electron chi connectivity index (χ1n) is 7.88. The summed E-state index contributed by atoms with van der Waals surface area (Å²) in [5, 5.41) is 13.3. The van der Waals surface area contributed by atoms with Crippen LogP contribution in [0.4, 0.5) is 11.4 Å². The van der Waals surface area contributed by atoms with Crippen molar-refractivity contribution in [3.05, 3.63) is 63.7 Å². The van der Waals surface area contributed by atoms with Crippen LogP contribution in [0.3, 0.4) is 0 Å². The van der Waals surface area contributed by atoms with Gasteiger partial charge in [0.25, 0.3) is 21.6 Å². The summed E-state index contributed by atoms with van der Waals surface area (Å²) in [4.78, 5) is 35.1. The SMILES string of the molecule is Cc1cc([N+](=O)[O-])ccc1NC(=O)C(C)N1C(=O)c2ccccc2S1(=O)=O. The van der Waals surface area contributed by atoms with E-state index in [0.717, 1.165) is 0 Å². The highest BCUT2D eigenvalue weighted by molar-refractivity contribution is 7.90. The number of nitro groups is 1. The largest absolute Gasteiger partial charge is 0.324 e. The summed E-state index contributed by atoms with van der Waals surface area (Å²) in [6, 6.07) is 8.30. The molecule has 1 aliphatic rings. The van der Waals surface area contributed by atoms with Crippen LogP contribution in [-0.2, 0) is 14.8 Å². The molecule has 0 aromatic heterocycles. The second-order valence-electron chi connectivity index (χ2n) is 6.02. The van der Waals surface area contributed by atoms with Crippen LogP contribution in [0, 0.1) is 17.0 Å². The Bertz CT molecular complexity index is 1080. The van der Waals surface area contributed by atoms with Crippen molar-refractivity contribution in [3.63, 3.8) is 0 Å². The lowest BCUT2D eigenvalue weighted by molar-refractivity contribution is -0.384. The molecule has 0 radical (unpaired) electrons. The molecule has 1 unspecified atom stereocenters. The number of aryl methyl sites for hydroxylation is 1. The van der Waals surface area contributed by atoms with Crippen LogP contribution >= 0.6 is 0 Å². The van der Waals surface area contributed by atoms with E-state index in [2.05, 4.69) is 5.32 Å². The number of carbonyl (C=O) groups is 2. The van der Waals surface area contributed by atoms with Crippen molar-refractivity contribution in [2.24, 2.45) is 0 Å². The van der Waals surface area contributed by atoms with E-state index >= 15 is 0 Å². The Morgan fingerprint density at radius 1 is 1.22 bits per heavy atom. The average Bonchev–Trinajstić information content (AvgIpc) is 2.82. The van der Waals surface area contributed by atoms with Gasteiger partial charge in [-0.25, -0.2) is 12.7 Å². The fraction of sp³-hybridized carbons (Fsp3) is 0.176. The zero-order chi connectivity index (χ0) is 19.9. The van der Waals surface area contributed by atoms with E-state index in [1.165, 1.54) is 43.3 Å². The lowest BCUT2D eigenvalue weighted by Gasteiger charge is -2.22. The minimum atomic E-state index is -4.13. The van der Waals surface area contributed by atoms with Crippen molar-refractivity contribution in [1.82, 2.24) is 4.31 Å². The maximum absolute atomic E-state index is 12.6. The molecule has 2 amide bonds. The molecule has 0 saturated carbocycles. The molecule has 1 N–H and O–H groups in total. The lowest BCUT2D eigenvalue weighted by Crippen LogP contribution is -2.45. The van der Waals surface area contributed by atoms with Gasteiger partial charge in [0.15, 0.2) is 0 Å². The third-order valence-electron chi connectivity index (χ3n) is 4.26. The summed E-state index contributed by atoms with van der Waals surface area (Å²) in [6.45, 7) is 2.87. The van der Waals surface area contributed by atoms with Crippen molar-refractivity contribution >= 4 is 33.2 Å². The van der Waals surface area contributed by atoms with Crippen LogP contribution in [-0.4, -0.2) is 35.5 Å². The van der Waals surface area contributed by atoms with Gasteiger partial charge in [-0.15, -0.1) is 0 Å². The number of non-ortho nitro benzene ring substituents is 1. The summed E-state index contributed by atoms with van der Waals surface area (Å²) in [6.07, 6.45) is 0. The number of benzene rings is 2. The Hall–Kier alpha value is -3.27. The summed E-state index contributed by atoms with van der Waals surface area (Å²) in [7, 11) is -4.13. The number of rotatable bonds is 4. The van der Waals surface area contributed by atoms with Gasteiger partial charge in [0.1, 0.15) is 10.9 Å². The standard InChI is InChI=1S/C17H15N3O6S/c1-10-9-12(20(23)24)7-8-14(10)18-16(21)11(2)19-17(22)13-5-3-4-6-15(13)27(19,25)26/h3-9,11H,1-2H3,(H,18,21). The first-order chi connectivity index (χ1) is 12.6. The zero-order valence-corrected chi connectivity index (χ0v) is 15.2. The second kappa shape index (κ2) is 6.47. The van der Waals surface area contributed by atoms with Crippen molar-refractivity contribution < 1.29 is 22.9 Å². The molecule has 1 atom stereocenters. The number of amides is 2. The number of nitro benzene ring substituents is 1. The predicted octanol–water partition coefficient (Wildman–Crippen LogP) is 2.07. The van der Waals surface area contributed by atoms with Gasteiger partial charge in [-0.3, -0.25) is 19.7 Å². The molecule has 9 nitrogen and oxygen atoms in total. The van der Waals surface area contributed by atoms with Crippen molar-refractivity contribution in [3.8, 4) is 0 Å². The summed E-state index contributed by atoms with van der Waals surface area (Å²) in [5.41, 5.74) is 0.609. The Morgan fingerprint density at radius 3 is 2.48 bits per heavy atom. The topological polar surface area (TPSA) is 127 Å². The molecule has 0 aliphatic carbocycles. The quantitative estimate of drug-likeness (QED) is 0.630. The van der Waals surface area contributed by atoms with Crippen LogP contribution in [0.25, 0.3) is 0 Å². The number of anilines is 1. The van der Waals surface area contributed by atoms with Gasteiger partial charge < -0.3 is 5.32 Å². The van der Waals surface area contributed by atoms with Crippen molar-refractivity contribution in [2.75, 3.05) is 5.32 Å². The maximum Gasteiger partial charge on any atom is 0.269 e. The smallest absolute Gasteiger partial charge is 0.269 e. The Balaban J connectivity index is 1.87. The summed E-state index contributed by atoms with van der Waals surface area (Å²) >= 11 is 0. The fourth-order valence-electron chi connectivity index (χ4n) is 2.83. The first kappa shape index (κ1) is 18.5. The van der Waals surface area contributed by atoms with Crippen molar-refractivity contribution in [1.29, 1.82) is 0 Å². The van der Waals surface area contributed by atoms with Gasteiger partial charge in [0, 0.05) is 17.8 Å². The highest BCUT2D eigenvalue weighted by atomic mass is 32.2. The lowest BCUT2D eigenvalue weighted by atomic mass is 10.1. The maximum atomic E-state index is 12.6. The molecule has 27 heavy (non-hydrogen) atoms. The fourth-order valence-corrected chi connectivity index (χ4v) is 4.56. The number of nitrogens with one attached hydrogen (secondary N) is 1. The molecular weight excluding hydrogens is 374 g/mol. The van der Waals surface area contributed by atoms with Crippen LogP contribution in [0.5, 0.6) is 0 Å². The van der Waals surface area contributed by atoms with Gasteiger partial charge in [0.05, 0.1) is 10.5 Å². The number of sulfonamides is 1. The Morgan fingerprint density at radius 2 is 1.89 bits per heavy atom. The molecule has 0 bridgehead atoms. The van der Waals surface area contributed by atoms with E-state index in [4.69, 9.17) is 0 Å². The number of carbonyl (C=O) groups excluding carboxylic acids is 2. The summed E-state index contributed by atoms with van der Waals surface area (Å²) in [5.74, 6) is -1.50. The number of hydrogen-bond acceptors (Lipinski definition) is 6. The highest BCUT2D eigenvalue weighted by Gasteiger charge is 2.45. The van der Waals surface area contributed by atoms with Gasteiger partial charge >= 0.3 is 0 Å². The molecule has 2 aromatic rings. The zero-order valence-electron chi connectivity index (χ0n) is 14.4. The van der Waals surface area contributed by atoms with E-state index in [0.29, 0.717) is 15.6 Å². The predicted molar refractivity (Wildman–Crippen MR) is 95.7 cm³/mol. The first-order valence-corrected chi connectivity index (χ1v) is 9.32. The number of hydrogen-bond donors (Lipinski definition) is 1. The van der Waals surface area contributed by atoms with E-state index in [-0.39, 0.29) is 16.1 Å². The molecule has 0 saturated heterocycles. The van der Waals surface area contributed by atoms with Crippen LogP contribution < -0.4 is 5.32 Å². The molecule has 0 spiro atoms. The van der Waals surface area contributed by atoms with Gasteiger partial charge in [-0.2, -0.15) is 0 Å². The minimum absolute atomic E-state index is 0.0173. The molecular formula is C17H15N3O6S. The summed E-state index contributed by atoms with van der Waals surface area (Å²) < 4.78 is 25.8. The molecule has 3 rings (SSSR count). The molecule has 1 aliphatic heterocycles. The molecule has 10 heteroatoms. The Labute approximate surface area is 154 Å². The van der Waals surface area contributed by atoms with Gasteiger partial charge in [-0.05, 0) is 37.6 Å². The van der Waals surface area contributed by atoms with E-state index < -0.39 is 32.8 Å². The monoisotopic (exact) mass is 389 g/mol. The third-order valence-corrected chi connectivity index (χ3v) is 6.18. The molecule has 2 aromatic carbocycles. The van der Waals surface area contributed by atoms with E-state index in [1.807, 2.05) is 0 Å². The minimum Gasteiger partial charge on any atom is -0.324 e. The number of fused-ring (bicyclic) bond motifs is 1. The third kappa shape index (κ3) is 3.04. The van der Waals surface area contributed by atoms with Crippen LogP contribution in [0.2, 0.25) is 0 Å². The van der Waals surface area contributed by atoms with E-state index in [9.17, 15) is 28.1 Å². The molecule has 140 valence electrons. The van der Waals surface area contributed by atoms with E-state index in [1.54, 1.807) is 13.0 Å². The Kier molecular flexibility index (Phi) is 4.44. The normalized spacial score (nSPS) is 15.9. The highest BCUT2D eigenvalue weighted by Crippen LogP contribution is 2.32. The number of nitrogens with zero attached hydrogens (tertiary/aromatic N) is 2. The van der Waals surface area contributed by atoms with Gasteiger partial charge in [0.2, 0.25) is 5.91 Å². The van der Waals surface area contributed by atoms with Crippen LogP contribution in [0.15, 0.2) is 47.4 Å². The molecule has 1 heterocycles. The van der Waals surface area contributed by atoms with Gasteiger partial charge in [-0.1, -0.05) is 12.1 Å². The molecule has 0 fully saturated rings. The average molecular weight is 389 g/mol. The second-order valence-corrected chi connectivity index (χ2v) is 7.81. The van der Waals surface area contributed by atoms with Crippen LogP contribution in [0.1, 0.15) is 22.8 Å².